The van der Waals surface area contributed by atoms with E-state index in [9.17, 15) is 9.59 Å². The van der Waals surface area contributed by atoms with Crippen molar-refractivity contribution in [3.05, 3.63) is 58.9 Å². The van der Waals surface area contributed by atoms with Gasteiger partial charge >= 0.3 is 0 Å². The smallest absolute Gasteiger partial charge is 0.255 e. The summed E-state index contributed by atoms with van der Waals surface area (Å²) < 4.78 is 0. The quantitative estimate of drug-likeness (QED) is 0.934. The number of aryl methyl sites for hydroxylation is 2. The molecule has 0 radical (unpaired) electrons. The maximum atomic E-state index is 12.7. The van der Waals surface area contributed by atoms with Gasteiger partial charge in [0.1, 0.15) is 0 Å². The summed E-state index contributed by atoms with van der Waals surface area (Å²) in [5.41, 5.74) is 4.09. The second-order valence-corrected chi connectivity index (χ2v) is 6.73. The van der Waals surface area contributed by atoms with Gasteiger partial charge in [0.15, 0.2) is 0 Å². The molecule has 0 unspecified atom stereocenters. The molecule has 5 heteroatoms. The van der Waals surface area contributed by atoms with Crippen LogP contribution in [0.3, 0.4) is 0 Å². The molecule has 25 heavy (non-hydrogen) atoms. The molecule has 5 nitrogen and oxygen atoms in total. The van der Waals surface area contributed by atoms with Crippen molar-refractivity contribution in [2.75, 3.05) is 26.2 Å². The fraction of sp³-hybridized carbons (Fsp3) is 0.400. The van der Waals surface area contributed by atoms with Crippen LogP contribution in [0.1, 0.15) is 33.5 Å². The van der Waals surface area contributed by atoms with Gasteiger partial charge < -0.3 is 14.8 Å². The molecular formula is C20H25N3O2. The Bertz CT molecular complexity index is 752. The molecule has 1 aliphatic rings. The van der Waals surface area contributed by atoms with Gasteiger partial charge in [0.25, 0.3) is 5.91 Å². The summed E-state index contributed by atoms with van der Waals surface area (Å²) in [6.07, 6.45) is 4.72. The van der Waals surface area contributed by atoms with E-state index in [2.05, 4.69) is 23.2 Å². The van der Waals surface area contributed by atoms with E-state index >= 15 is 0 Å². The molecule has 0 bridgehead atoms. The fourth-order valence-electron chi connectivity index (χ4n) is 3.27. The van der Waals surface area contributed by atoms with Crippen molar-refractivity contribution in [1.29, 1.82) is 0 Å². The van der Waals surface area contributed by atoms with Gasteiger partial charge in [-0.05, 0) is 37.5 Å². The predicted octanol–water partition coefficient (Wildman–Crippen LogP) is 2.55. The molecule has 1 N–H and O–H groups in total. The van der Waals surface area contributed by atoms with E-state index in [0.717, 1.165) is 17.5 Å². The molecule has 0 atom stereocenters. The van der Waals surface area contributed by atoms with E-state index in [1.807, 2.05) is 23.6 Å². The van der Waals surface area contributed by atoms with Gasteiger partial charge in [-0.15, -0.1) is 0 Å². The van der Waals surface area contributed by atoms with E-state index in [4.69, 9.17) is 0 Å². The summed E-state index contributed by atoms with van der Waals surface area (Å²) in [5.74, 6) is 0.176. The lowest BCUT2D eigenvalue weighted by Gasteiger charge is -2.22. The number of carbonyl (C=O) groups is 2. The summed E-state index contributed by atoms with van der Waals surface area (Å²) in [4.78, 5) is 31.8. The predicted molar refractivity (Wildman–Crippen MR) is 97.5 cm³/mol. The van der Waals surface area contributed by atoms with Crippen LogP contribution in [0.2, 0.25) is 0 Å². The van der Waals surface area contributed by atoms with Gasteiger partial charge in [-0.3, -0.25) is 9.59 Å². The lowest BCUT2D eigenvalue weighted by Crippen LogP contribution is -2.38. The van der Waals surface area contributed by atoms with Crippen LogP contribution < -0.4 is 0 Å². The van der Waals surface area contributed by atoms with Crippen molar-refractivity contribution in [3.8, 4) is 0 Å². The van der Waals surface area contributed by atoms with Crippen molar-refractivity contribution in [1.82, 2.24) is 14.8 Å². The Balaban J connectivity index is 1.61. The second-order valence-electron chi connectivity index (χ2n) is 6.73. The van der Waals surface area contributed by atoms with Gasteiger partial charge in [-0.1, -0.05) is 23.8 Å². The summed E-state index contributed by atoms with van der Waals surface area (Å²) in [6.45, 7) is 6.67. The van der Waals surface area contributed by atoms with Crippen LogP contribution in [-0.2, 0) is 11.2 Å². The standard InChI is InChI=1S/C20H25N3O2/c1-15-4-5-16(2)18(12-15)13-19(24)22-8-3-9-23(11-10-22)20(25)17-6-7-21-14-17/h4-7,12,14,21H,3,8-11,13H2,1-2H3. The molecule has 0 aliphatic carbocycles. The van der Waals surface area contributed by atoms with E-state index in [1.54, 1.807) is 18.5 Å². The SMILES string of the molecule is Cc1ccc(C)c(CC(=O)N2CCCN(C(=O)c3cc[nH]c3)CC2)c1. The van der Waals surface area contributed by atoms with Crippen molar-refractivity contribution >= 4 is 11.8 Å². The van der Waals surface area contributed by atoms with Crippen molar-refractivity contribution < 1.29 is 9.59 Å². The Kier molecular flexibility index (Phi) is 5.22. The van der Waals surface area contributed by atoms with E-state index < -0.39 is 0 Å². The van der Waals surface area contributed by atoms with Crippen molar-refractivity contribution in [2.45, 2.75) is 26.7 Å². The summed E-state index contributed by atoms with van der Waals surface area (Å²) in [5, 5.41) is 0. The highest BCUT2D eigenvalue weighted by Crippen LogP contribution is 2.14. The van der Waals surface area contributed by atoms with Crippen molar-refractivity contribution in [3.63, 3.8) is 0 Å². The maximum Gasteiger partial charge on any atom is 0.255 e. The third kappa shape index (κ3) is 4.10. The first kappa shape index (κ1) is 17.3. The molecule has 1 aromatic heterocycles. The van der Waals surface area contributed by atoms with Gasteiger partial charge in [0.05, 0.1) is 12.0 Å². The number of rotatable bonds is 3. The Morgan fingerprint density at radius 1 is 1.04 bits per heavy atom. The number of hydrogen-bond donors (Lipinski definition) is 1. The average Bonchev–Trinajstić information content (AvgIpc) is 3.02. The minimum atomic E-state index is 0.0325. The third-order valence-electron chi connectivity index (χ3n) is 4.83. The minimum absolute atomic E-state index is 0.0325. The number of nitrogens with one attached hydrogen (secondary N) is 1. The lowest BCUT2D eigenvalue weighted by atomic mass is 10.0. The molecule has 1 fully saturated rings. The molecule has 0 spiro atoms. The highest BCUT2D eigenvalue weighted by molar-refractivity contribution is 5.94. The van der Waals surface area contributed by atoms with Gasteiger partial charge in [0, 0.05) is 38.6 Å². The van der Waals surface area contributed by atoms with E-state index in [-0.39, 0.29) is 11.8 Å². The zero-order valence-electron chi connectivity index (χ0n) is 14.9. The van der Waals surface area contributed by atoms with Gasteiger partial charge in [0.2, 0.25) is 5.91 Å². The van der Waals surface area contributed by atoms with Gasteiger partial charge in [-0.25, -0.2) is 0 Å². The molecule has 1 aromatic carbocycles. The molecule has 2 heterocycles. The van der Waals surface area contributed by atoms with Crippen LogP contribution in [0.15, 0.2) is 36.7 Å². The molecule has 1 aliphatic heterocycles. The van der Waals surface area contributed by atoms with Crippen LogP contribution in [0, 0.1) is 13.8 Å². The Morgan fingerprint density at radius 3 is 2.56 bits per heavy atom. The van der Waals surface area contributed by atoms with Crippen molar-refractivity contribution in [2.24, 2.45) is 0 Å². The number of H-pyrrole nitrogens is 1. The van der Waals surface area contributed by atoms with Crippen LogP contribution >= 0.6 is 0 Å². The zero-order valence-corrected chi connectivity index (χ0v) is 14.9. The zero-order chi connectivity index (χ0) is 17.8. The number of benzene rings is 1. The Labute approximate surface area is 148 Å². The second kappa shape index (κ2) is 7.55. The molecule has 1 saturated heterocycles. The number of hydrogen-bond acceptors (Lipinski definition) is 2. The largest absolute Gasteiger partial charge is 0.367 e. The molecular weight excluding hydrogens is 314 g/mol. The normalized spacial score (nSPS) is 15.1. The Hall–Kier alpha value is -2.56. The summed E-state index contributed by atoms with van der Waals surface area (Å²) in [7, 11) is 0. The molecule has 2 amide bonds. The number of nitrogens with zero attached hydrogens (tertiary/aromatic N) is 2. The number of aromatic amines is 1. The minimum Gasteiger partial charge on any atom is -0.367 e. The maximum absolute atomic E-state index is 12.7. The number of amides is 2. The van der Waals surface area contributed by atoms with Crippen LogP contribution in [0.5, 0.6) is 0 Å². The monoisotopic (exact) mass is 339 g/mol. The number of carbonyl (C=O) groups excluding carboxylic acids is 2. The lowest BCUT2D eigenvalue weighted by molar-refractivity contribution is -0.130. The molecule has 132 valence electrons. The third-order valence-corrected chi connectivity index (χ3v) is 4.83. The van der Waals surface area contributed by atoms with E-state index in [0.29, 0.717) is 38.2 Å². The number of aromatic nitrogens is 1. The first-order chi connectivity index (χ1) is 12.0. The highest BCUT2D eigenvalue weighted by Gasteiger charge is 2.23. The molecule has 3 rings (SSSR count). The Morgan fingerprint density at radius 2 is 1.80 bits per heavy atom. The topological polar surface area (TPSA) is 56.4 Å². The first-order valence-electron chi connectivity index (χ1n) is 8.80. The van der Waals surface area contributed by atoms with E-state index in [1.165, 1.54) is 5.56 Å². The highest BCUT2D eigenvalue weighted by atomic mass is 16.2. The van der Waals surface area contributed by atoms with Crippen LogP contribution in [0.25, 0.3) is 0 Å². The van der Waals surface area contributed by atoms with Crippen LogP contribution in [-0.4, -0.2) is 52.8 Å². The average molecular weight is 339 g/mol. The van der Waals surface area contributed by atoms with Crippen LogP contribution in [0.4, 0.5) is 0 Å². The summed E-state index contributed by atoms with van der Waals surface area (Å²) >= 11 is 0. The fourth-order valence-corrected chi connectivity index (χ4v) is 3.27. The summed E-state index contributed by atoms with van der Waals surface area (Å²) in [6, 6.07) is 8.01. The molecule has 0 saturated carbocycles. The first-order valence-corrected chi connectivity index (χ1v) is 8.80. The molecule has 2 aromatic rings. The van der Waals surface area contributed by atoms with Gasteiger partial charge in [-0.2, -0.15) is 0 Å².